The van der Waals surface area contributed by atoms with E-state index in [1.165, 1.54) is 0 Å². The van der Waals surface area contributed by atoms with E-state index >= 15 is 0 Å². The molecule has 0 fully saturated rings. The van der Waals surface area contributed by atoms with E-state index in [9.17, 15) is 0 Å². The van der Waals surface area contributed by atoms with Crippen molar-refractivity contribution in [2.45, 2.75) is 32.6 Å². The maximum absolute atomic E-state index is 4.01. The van der Waals surface area contributed by atoms with Gasteiger partial charge in [0.15, 0.2) is 0 Å². The summed E-state index contributed by atoms with van der Waals surface area (Å²) in [5, 5.41) is 7.80. The van der Waals surface area contributed by atoms with E-state index in [1.807, 2.05) is 6.07 Å². The van der Waals surface area contributed by atoms with Crippen molar-refractivity contribution in [2.24, 2.45) is 0 Å². The molecular weight excluding hydrogens is 227 g/mol. The third kappa shape index (κ3) is 2.41. The average Bonchev–Trinajstić information content (AvgIpc) is 2.38. The Labute approximate surface area is 80.5 Å². The van der Waals surface area contributed by atoms with E-state index in [2.05, 4.69) is 31.0 Å². The number of hydrogen-bond acceptors (Lipinski definition) is 1. The number of aromatic nitrogens is 2. The van der Waals surface area contributed by atoms with Crippen LogP contribution in [-0.2, 0) is 24.9 Å². The van der Waals surface area contributed by atoms with Crippen LogP contribution in [0.25, 0.3) is 0 Å². The van der Waals surface area contributed by atoms with Crippen molar-refractivity contribution in [3.05, 3.63) is 18.0 Å². The smallest absolute Gasteiger partial charge is 0.0217 e. The zero-order valence-corrected chi connectivity index (χ0v) is 8.73. The van der Waals surface area contributed by atoms with Crippen LogP contribution in [0.1, 0.15) is 32.9 Å². The fourth-order valence-corrected chi connectivity index (χ4v) is 0.775. The number of hydrogen-bond donors (Lipinski definition) is 0. The van der Waals surface area contributed by atoms with Crippen molar-refractivity contribution in [1.29, 1.82) is 0 Å². The molecule has 2 nitrogen and oxygen atoms in total. The molecule has 65 valence electrons. The first-order chi connectivity index (χ1) is 4.67. The first-order valence-electron chi connectivity index (χ1n) is 3.61. The van der Waals surface area contributed by atoms with E-state index in [-0.39, 0.29) is 24.9 Å². The van der Waals surface area contributed by atoms with Crippen molar-refractivity contribution >= 4 is 0 Å². The molecule has 11 heavy (non-hydrogen) atoms. The standard InChI is InChI=1S/C8H13N2.Rh/c1-4-8(2,3)7-5-6-9-10-7;/h5-6H,4H2,1-3H3;/q-1;. The molecule has 0 unspecified atom stereocenters. The van der Waals surface area contributed by atoms with Crippen molar-refractivity contribution in [3.8, 4) is 0 Å². The Balaban J connectivity index is 0.000001000. The molecule has 0 amide bonds. The molecule has 0 atom stereocenters. The molecule has 0 aromatic carbocycles. The summed E-state index contributed by atoms with van der Waals surface area (Å²) < 4.78 is 0. The molecule has 0 aliphatic rings. The second kappa shape index (κ2) is 4.01. The fraction of sp³-hybridized carbons (Fsp3) is 0.625. The molecular formula is C8H13N2Rh-. The van der Waals surface area contributed by atoms with E-state index in [1.54, 1.807) is 6.20 Å². The minimum Gasteiger partial charge on any atom is -0.581 e. The minimum atomic E-state index is 0. The third-order valence-electron chi connectivity index (χ3n) is 2.04. The van der Waals surface area contributed by atoms with Crippen LogP contribution >= 0.6 is 0 Å². The molecule has 0 aliphatic heterocycles. The largest absolute Gasteiger partial charge is 0.581 e. The van der Waals surface area contributed by atoms with Crippen LogP contribution in [-0.4, -0.2) is 5.10 Å². The zero-order valence-electron chi connectivity index (χ0n) is 7.09. The Hall–Kier alpha value is -0.167. The van der Waals surface area contributed by atoms with Gasteiger partial charge >= 0.3 is 0 Å². The second-order valence-corrected chi connectivity index (χ2v) is 3.15. The van der Waals surface area contributed by atoms with Crippen molar-refractivity contribution in [2.75, 3.05) is 0 Å². The molecule has 0 saturated carbocycles. The minimum absolute atomic E-state index is 0. The predicted molar refractivity (Wildman–Crippen MR) is 40.9 cm³/mol. The summed E-state index contributed by atoms with van der Waals surface area (Å²) in [4.78, 5) is 0. The van der Waals surface area contributed by atoms with Gasteiger partial charge < -0.3 is 10.2 Å². The molecule has 1 aromatic rings. The average molecular weight is 240 g/mol. The van der Waals surface area contributed by atoms with Gasteiger partial charge in [0.05, 0.1) is 0 Å². The fourth-order valence-electron chi connectivity index (χ4n) is 0.775. The van der Waals surface area contributed by atoms with Gasteiger partial charge in [-0.2, -0.15) is 6.20 Å². The van der Waals surface area contributed by atoms with E-state index < -0.39 is 0 Å². The SMILES string of the molecule is CCC(C)(C)c1cc[n-]n1.[Rh]. The monoisotopic (exact) mass is 240 g/mol. The Morgan fingerprint density at radius 3 is 2.55 bits per heavy atom. The molecule has 0 N–H and O–H groups in total. The second-order valence-electron chi connectivity index (χ2n) is 3.15. The van der Waals surface area contributed by atoms with E-state index in [0.29, 0.717) is 0 Å². The predicted octanol–water partition coefficient (Wildman–Crippen LogP) is 1.72. The van der Waals surface area contributed by atoms with Gasteiger partial charge in [0.25, 0.3) is 0 Å². The quantitative estimate of drug-likeness (QED) is 0.736. The van der Waals surface area contributed by atoms with E-state index in [0.717, 1.165) is 12.1 Å². The summed E-state index contributed by atoms with van der Waals surface area (Å²) in [6, 6.07) is 1.98. The molecule has 1 heterocycles. The summed E-state index contributed by atoms with van der Waals surface area (Å²) in [5.74, 6) is 0. The third-order valence-corrected chi connectivity index (χ3v) is 2.04. The Kier molecular flexibility index (Phi) is 3.95. The van der Waals surface area contributed by atoms with Crippen LogP contribution in [0.2, 0.25) is 0 Å². The van der Waals surface area contributed by atoms with Gasteiger partial charge in [-0.05, 0) is 6.42 Å². The van der Waals surface area contributed by atoms with E-state index in [4.69, 9.17) is 0 Å². The normalized spacial score (nSPS) is 10.8. The van der Waals surface area contributed by atoms with Gasteiger partial charge in [0.2, 0.25) is 0 Å². The van der Waals surface area contributed by atoms with Gasteiger partial charge in [-0.3, -0.25) is 0 Å². The van der Waals surface area contributed by atoms with Gasteiger partial charge in [0, 0.05) is 30.6 Å². The van der Waals surface area contributed by atoms with Crippen LogP contribution in [0.15, 0.2) is 12.3 Å². The van der Waals surface area contributed by atoms with Gasteiger partial charge in [-0.15, -0.1) is 0 Å². The molecule has 1 rings (SSSR count). The Morgan fingerprint density at radius 2 is 2.18 bits per heavy atom. The van der Waals surface area contributed by atoms with Crippen molar-refractivity contribution in [1.82, 2.24) is 10.2 Å². The molecule has 3 heteroatoms. The topological polar surface area (TPSA) is 27.0 Å². The van der Waals surface area contributed by atoms with Gasteiger partial charge in [0.1, 0.15) is 0 Å². The molecule has 0 bridgehead atoms. The Bertz CT molecular complexity index is 192. The summed E-state index contributed by atoms with van der Waals surface area (Å²) in [6.45, 7) is 6.52. The van der Waals surface area contributed by atoms with Crippen LogP contribution in [0.3, 0.4) is 0 Å². The summed E-state index contributed by atoms with van der Waals surface area (Å²) in [5.41, 5.74) is 1.28. The maximum atomic E-state index is 4.01. The molecule has 0 spiro atoms. The molecule has 1 radical (unpaired) electrons. The number of nitrogens with zero attached hydrogens (tertiary/aromatic N) is 2. The van der Waals surface area contributed by atoms with Crippen molar-refractivity contribution < 1.29 is 19.5 Å². The van der Waals surface area contributed by atoms with Gasteiger partial charge in [-0.1, -0.05) is 26.8 Å². The summed E-state index contributed by atoms with van der Waals surface area (Å²) in [7, 11) is 0. The first kappa shape index (κ1) is 10.8. The summed E-state index contributed by atoms with van der Waals surface area (Å²) in [6.07, 6.45) is 2.85. The molecule has 0 aliphatic carbocycles. The van der Waals surface area contributed by atoms with Crippen LogP contribution in [0.5, 0.6) is 0 Å². The van der Waals surface area contributed by atoms with Gasteiger partial charge in [-0.25, -0.2) is 0 Å². The van der Waals surface area contributed by atoms with Crippen LogP contribution < -0.4 is 5.10 Å². The Morgan fingerprint density at radius 1 is 1.55 bits per heavy atom. The van der Waals surface area contributed by atoms with Crippen LogP contribution in [0.4, 0.5) is 0 Å². The first-order valence-corrected chi connectivity index (χ1v) is 3.61. The van der Waals surface area contributed by atoms with Crippen LogP contribution in [0, 0.1) is 0 Å². The molecule has 0 saturated heterocycles. The molecule has 1 aromatic heterocycles. The summed E-state index contributed by atoms with van der Waals surface area (Å²) >= 11 is 0. The zero-order chi connectivity index (χ0) is 7.61. The number of rotatable bonds is 2. The van der Waals surface area contributed by atoms with Crippen molar-refractivity contribution in [3.63, 3.8) is 0 Å². The maximum Gasteiger partial charge on any atom is 0.0217 e.